The Morgan fingerprint density at radius 2 is 2.30 bits per heavy atom. The highest BCUT2D eigenvalue weighted by molar-refractivity contribution is 7.09. The number of carbonyl (C=O) groups excluding carboxylic acids is 1. The first-order valence-corrected chi connectivity index (χ1v) is 6.93. The lowest BCUT2D eigenvalue weighted by Gasteiger charge is -2.02. The molecule has 104 valence electrons. The predicted octanol–water partition coefficient (Wildman–Crippen LogP) is 2.15. The molecule has 1 heterocycles. The Morgan fingerprint density at radius 1 is 1.50 bits per heavy atom. The second kappa shape index (κ2) is 6.81. The number of aromatic nitrogens is 1. The Morgan fingerprint density at radius 3 is 3.00 bits per heavy atom. The molecule has 0 fully saturated rings. The average Bonchev–Trinajstić information content (AvgIpc) is 2.84. The third kappa shape index (κ3) is 3.89. The van der Waals surface area contributed by atoms with Crippen molar-refractivity contribution in [1.82, 2.24) is 10.4 Å². The molecule has 0 aliphatic rings. The quantitative estimate of drug-likeness (QED) is 0.677. The van der Waals surface area contributed by atoms with Gasteiger partial charge in [-0.15, -0.1) is 11.3 Å². The molecule has 1 N–H and O–H groups in total. The van der Waals surface area contributed by atoms with Crippen LogP contribution in [0.25, 0.3) is 0 Å². The molecule has 0 bridgehead atoms. The van der Waals surface area contributed by atoms with Crippen LogP contribution in [0, 0.1) is 6.92 Å². The molecular weight excluding hydrogens is 274 g/mol. The molecule has 1 aromatic carbocycles. The number of rotatable bonds is 5. The fourth-order valence-electron chi connectivity index (χ4n) is 1.61. The van der Waals surface area contributed by atoms with E-state index in [0.717, 1.165) is 16.3 Å². The van der Waals surface area contributed by atoms with Crippen molar-refractivity contribution in [1.29, 1.82) is 0 Å². The molecule has 0 unspecified atom stereocenters. The minimum atomic E-state index is -0.189. The minimum absolute atomic E-state index is 0.189. The molecule has 5 nitrogen and oxygen atoms in total. The Hall–Kier alpha value is -2.21. The number of methoxy groups -OCH3 is 1. The van der Waals surface area contributed by atoms with Gasteiger partial charge in [0.15, 0.2) is 0 Å². The van der Waals surface area contributed by atoms with Crippen LogP contribution in [0.1, 0.15) is 16.3 Å². The van der Waals surface area contributed by atoms with Crippen LogP contribution in [0.15, 0.2) is 34.7 Å². The zero-order valence-electron chi connectivity index (χ0n) is 11.3. The summed E-state index contributed by atoms with van der Waals surface area (Å²) in [4.78, 5) is 15.9. The maximum absolute atomic E-state index is 11.7. The summed E-state index contributed by atoms with van der Waals surface area (Å²) in [5.74, 6) is 0.520. The Kier molecular flexibility index (Phi) is 4.84. The molecular formula is C14H15N3O2S. The van der Waals surface area contributed by atoms with E-state index in [1.165, 1.54) is 11.3 Å². The third-order valence-electron chi connectivity index (χ3n) is 2.51. The molecule has 0 aliphatic carbocycles. The van der Waals surface area contributed by atoms with Crippen molar-refractivity contribution in [2.45, 2.75) is 13.3 Å². The predicted molar refractivity (Wildman–Crippen MR) is 79.3 cm³/mol. The molecule has 6 heteroatoms. The number of ether oxygens (including phenoxy) is 1. The first kappa shape index (κ1) is 14.2. The lowest BCUT2D eigenvalue weighted by Crippen LogP contribution is -2.19. The number of hydrogen-bond donors (Lipinski definition) is 1. The van der Waals surface area contributed by atoms with Gasteiger partial charge in [-0.3, -0.25) is 4.79 Å². The summed E-state index contributed by atoms with van der Waals surface area (Å²) in [5.41, 5.74) is 4.21. The number of amides is 1. The fourth-order valence-corrected chi connectivity index (χ4v) is 2.38. The topological polar surface area (TPSA) is 63.6 Å². The van der Waals surface area contributed by atoms with Gasteiger partial charge in [-0.05, 0) is 19.1 Å². The molecule has 1 aromatic heterocycles. The van der Waals surface area contributed by atoms with E-state index in [9.17, 15) is 4.79 Å². The summed E-state index contributed by atoms with van der Waals surface area (Å²) < 4.78 is 5.19. The maximum atomic E-state index is 11.7. The van der Waals surface area contributed by atoms with Crippen LogP contribution in [0.3, 0.4) is 0 Å². The van der Waals surface area contributed by atoms with Crippen molar-refractivity contribution in [3.05, 3.63) is 45.9 Å². The van der Waals surface area contributed by atoms with Crippen LogP contribution in [0.4, 0.5) is 0 Å². The van der Waals surface area contributed by atoms with E-state index < -0.39 is 0 Å². The number of benzene rings is 1. The number of nitrogens with one attached hydrogen (secondary N) is 1. The third-order valence-corrected chi connectivity index (χ3v) is 3.48. The van der Waals surface area contributed by atoms with Gasteiger partial charge >= 0.3 is 0 Å². The molecule has 2 aromatic rings. The Balaban J connectivity index is 1.91. The second-order valence-electron chi connectivity index (χ2n) is 4.09. The monoisotopic (exact) mass is 289 g/mol. The molecule has 2 rings (SSSR count). The van der Waals surface area contributed by atoms with E-state index in [2.05, 4.69) is 15.5 Å². The van der Waals surface area contributed by atoms with Crippen molar-refractivity contribution in [3.63, 3.8) is 0 Å². The summed E-state index contributed by atoms with van der Waals surface area (Å²) in [6, 6.07) is 7.45. The van der Waals surface area contributed by atoms with Crippen molar-refractivity contribution in [2.24, 2.45) is 5.10 Å². The first-order valence-electron chi connectivity index (χ1n) is 6.05. The van der Waals surface area contributed by atoms with E-state index in [-0.39, 0.29) is 12.3 Å². The van der Waals surface area contributed by atoms with Crippen molar-refractivity contribution in [3.8, 4) is 5.75 Å². The lowest BCUT2D eigenvalue weighted by atomic mass is 10.2. The minimum Gasteiger partial charge on any atom is -0.496 e. The molecule has 0 atom stereocenters. The van der Waals surface area contributed by atoms with E-state index in [1.54, 1.807) is 13.3 Å². The van der Waals surface area contributed by atoms with E-state index in [0.29, 0.717) is 5.75 Å². The highest BCUT2D eigenvalue weighted by atomic mass is 32.1. The van der Waals surface area contributed by atoms with Crippen LogP contribution in [0.5, 0.6) is 5.75 Å². The smallest absolute Gasteiger partial charge is 0.246 e. The highest BCUT2D eigenvalue weighted by Gasteiger charge is 2.05. The van der Waals surface area contributed by atoms with Crippen LogP contribution in [-0.4, -0.2) is 24.2 Å². The number of thiazole rings is 1. The molecule has 20 heavy (non-hydrogen) atoms. The lowest BCUT2D eigenvalue weighted by molar-refractivity contribution is -0.120. The van der Waals surface area contributed by atoms with Crippen molar-refractivity contribution < 1.29 is 9.53 Å². The molecule has 0 radical (unpaired) electrons. The van der Waals surface area contributed by atoms with Crippen LogP contribution in [0.2, 0.25) is 0 Å². The first-order chi connectivity index (χ1) is 9.69. The summed E-state index contributed by atoms with van der Waals surface area (Å²) >= 11 is 1.47. The zero-order valence-corrected chi connectivity index (χ0v) is 12.1. The van der Waals surface area contributed by atoms with Gasteiger partial charge in [-0.25, -0.2) is 10.4 Å². The van der Waals surface area contributed by atoms with Gasteiger partial charge in [0.1, 0.15) is 10.8 Å². The summed E-state index contributed by atoms with van der Waals surface area (Å²) in [6.07, 6.45) is 1.80. The highest BCUT2D eigenvalue weighted by Crippen LogP contribution is 2.14. The number of nitrogens with zero attached hydrogens (tertiary/aromatic N) is 2. The van der Waals surface area contributed by atoms with Crippen LogP contribution in [-0.2, 0) is 11.2 Å². The van der Waals surface area contributed by atoms with E-state index in [4.69, 9.17) is 4.74 Å². The number of carbonyl (C=O) groups is 1. The zero-order chi connectivity index (χ0) is 14.4. The maximum Gasteiger partial charge on any atom is 0.246 e. The van der Waals surface area contributed by atoms with Gasteiger partial charge in [0.2, 0.25) is 5.91 Å². The number of aryl methyl sites for hydroxylation is 1. The van der Waals surface area contributed by atoms with Crippen molar-refractivity contribution >= 4 is 23.5 Å². The average molecular weight is 289 g/mol. The van der Waals surface area contributed by atoms with Crippen molar-refractivity contribution in [2.75, 3.05) is 7.11 Å². The van der Waals surface area contributed by atoms with Crippen LogP contribution < -0.4 is 10.2 Å². The van der Waals surface area contributed by atoms with Gasteiger partial charge in [0, 0.05) is 16.6 Å². The van der Waals surface area contributed by atoms with Gasteiger partial charge in [0.25, 0.3) is 0 Å². The van der Waals surface area contributed by atoms with E-state index in [1.807, 2.05) is 36.6 Å². The number of hydrazone groups is 1. The molecule has 0 spiro atoms. The van der Waals surface area contributed by atoms with Gasteiger partial charge < -0.3 is 4.74 Å². The SMILES string of the molecule is COc1ccccc1/C=N\NC(=O)Cc1nc(C)cs1. The van der Waals surface area contributed by atoms with Crippen LogP contribution >= 0.6 is 11.3 Å². The second-order valence-corrected chi connectivity index (χ2v) is 5.04. The molecule has 1 amide bonds. The van der Waals surface area contributed by atoms with Gasteiger partial charge in [-0.1, -0.05) is 12.1 Å². The summed E-state index contributed by atoms with van der Waals surface area (Å²) in [6.45, 7) is 1.90. The van der Waals surface area contributed by atoms with Gasteiger partial charge in [0.05, 0.1) is 19.7 Å². The summed E-state index contributed by atoms with van der Waals surface area (Å²) in [7, 11) is 1.59. The Bertz CT molecular complexity index is 622. The fraction of sp³-hybridized carbons (Fsp3) is 0.214. The molecule has 0 saturated heterocycles. The van der Waals surface area contributed by atoms with Gasteiger partial charge in [-0.2, -0.15) is 5.10 Å². The Labute approximate surface area is 121 Å². The molecule has 0 aliphatic heterocycles. The summed E-state index contributed by atoms with van der Waals surface area (Å²) in [5, 5.41) is 6.63. The standard InChI is InChI=1S/C14H15N3O2S/c1-10-9-20-14(16-10)7-13(18)17-15-8-11-5-3-4-6-12(11)19-2/h3-6,8-9H,7H2,1-2H3,(H,17,18)/b15-8-. The number of hydrogen-bond acceptors (Lipinski definition) is 5. The van der Waals surface area contributed by atoms with E-state index >= 15 is 0 Å². The number of para-hydroxylation sites is 1. The normalized spacial score (nSPS) is 10.7. The largest absolute Gasteiger partial charge is 0.496 e. The molecule has 0 saturated carbocycles.